The van der Waals surface area contributed by atoms with Gasteiger partial charge in [-0.25, -0.2) is 0 Å². The third-order valence-electron chi connectivity index (χ3n) is 4.56. The molecular formula is C21H28N2O3. The maximum atomic E-state index is 12.4. The van der Waals surface area contributed by atoms with E-state index in [9.17, 15) is 10.1 Å². The van der Waals surface area contributed by atoms with E-state index in [4.69, 9.17) is 9.47 Å². The molecule has 0 unspecified atom stereocenters. The van der Waals surface area contributed by atoms with E-state index in [1.807, 2.05) is 18.2 Å². The first-order valence-electron chi connectivity index (χ1n) is 9.41. The van der Waals surface area contributed by atoms with Gasteiger partial charge in [-0.2, -0.15) is 5.26 Å². The minimum Gasteiger partial charge on any atom is -0.493 e. The lowest BCUT2D eigenvalue weighted by Gasteiger charge is -2.22. The number of ether oxygens (including phenoxy) is 2. The Labute approximate surface area is 156 Å². The van der Waals surface area contributed by atoms with Gasteiger partial charge in [-0.05, 0) is 43.0 Å². The van der Waals surface area contributed by atoms with Gasteiger partial charge in [0, 0.05) is 6.04 Å². The number of carbonyl (C=O) groups is 1. The van der Waals surface area contributed by atoms with Crippen LogP contribution in [0.3, 0.4) is 0 Å². The van der Waals surface area contributed by atoms with Crippen molar-refractivity contribution in [3.05, 3.63) is 29.3 Å². The number of nitrogens with one attached hydrogen (secondary N) is 1. The molecule has 0 aliphatic heterocycles. The Morgan fingerprint density at radius 2 is 2.08 bits per heavy atom. The van der Waals surface area contributed by atoms with Crippen molar-refractivity contribution >= 4 is 12.0 Å². The molecular weight excluding hydrogens is 328 g/mol. The monoisotopic (exact) mass is 356 g/mol. The normalized spacial score (nSPS) is 15.2. The average Bonchev–Trinajstić information content (AvgIpc) is 2.67. The van der Waals surface area contributed by atoms with Gasteiger partial charge in [0.25, 0.3) is 5.91 Å². The number of hydrogen-bond donors (Lipinski definition) is 1. The Morgan fingerprint density at radius 1 is 1.31 bits per heavy atom. The Kier molecular flexibility index (Phi) is 8.01. The van der Waals surface area contributed by atoms with Crippen LogP contribution in [0.25, 0.3) is 6.08 Å². The van der Waals surface area contributed by atoms with Crippen LogP contribution in [-0.2, 0) is 4.79 Å². The molecule has 1 aromatic carbocycles. The summed E-state index contributed by atoms with van der Waals surface area (Å²) in [5, 5.41) is 12.4. The van der Waals surface area contributed by atoms with E-state index in [0.717, 1.165) is 44.1 Å². The lowest BCUT2D eigenvalue weighted by atomic mass is 9.95. The minimum absolute atomic E-state index is 0.109. The average molecular weight is 356 g/mol. The summed E-state index contributed by atoms with van der Waals surface area (Å²) in [6.45, 7) is 2.74. The second-order valence-electron chi connectivity index (χ2n) is 6.59. The SMILES string of the molecule is CCCCOc1ccc(/C=C(/C#N)C(=O)NC2CCCCC2)cc1OC. The molecule has 0 bridgehead atoms. The highest BCUT2D eigenvalue weighted by Gasteiger charge is 2.18. The van der Waals surface area contributed by atoms with Gasteiger partial charge in [0.05, 0.1) is 13.7 Å². The smallest absolute Gasteiger partial charge is 0.262 e. The number of benzene rings is 1. The van der Waals surface area contributed by atoms with Crippen LogP contribution < -0.4 is 14.8 Å². The number of nitrogens with zero attached hydrogens (tertiary/aromatic N) is 1. The van der Waals surface area contributed by atoms with Crippen LogP contribution in [0.1, 0.15) is 57.4 Å². The van der Waals surface area contributed by atoms with Gasteiger partial charge in [0.1, 0.15) is 11.6 Å². The van der Waals surface area contributed by atoms with Crippen molar-refractivity contribution < 1.29 is 14.3 Å². The molecule has 0 aromatic heterocycles. The Hall–Kier alpha value is -2.48. The molecule has 1 aromatic rings. The third kappa shape index (κ3) is 5.80. The van der Waals surface area contributed by atoms with Gasteiger partial charge >= 0.3 is 0 Å². The van der Waals surface area contributed by atoms with Gasteiger partial charge in [-0.3, -0.25) is 4.79 Å². The van der Waals surface area contributed by atoms with E-state index in [0.29, 0.717) is 18.1 Å². The molecule has 5 heteroatoms. The summed E-state index contributed by atoms with van der Waals surface area (Å²) in [5.74, 6) is 0.963. The summed E-state index contributed by atoms with van der Waals surface area (Å²) >= 11 is 0. The van der Waals surface area contributed by atoms with E-state index in [1.54, 1.807) is 19.3 Å². The van der Waals surface area contributed by atoms with Gasteiger partial charge in [0.2, 0.25) is 0 Å². The fraction of sp³-hybridized carbons (Fsp3) is 0.524. The van der Waals surface area contributed by atoms with E-state index < -0.39 is 0 Å². The van der Waals surface area contributed by atoms with Gasteiger partial charge in [0.15, 0.2) is 11.5 Å². The van der Waals surface area contributed by atoms with Crippen LogP contribution in [0.4, 0.5) is 0 Å². The van der Waals surface area contributed by atoms with Crippen LogP contribution in [0.15, 0.2) is 23.8 Å². The van der Waals surface area contributed by atoms with Crippen molar-refractivity contribution in [3.8, 4) is 17.6 Å². The number of amides is 1. The molecule has 5 nitrogen and oxygen atoms in total. The van der Waals surface area contributed by atoms with Crippen molar-refractivity contribution in [1.29, 1.82) is 5.26 Å². The molecule has 140 valence electrons. The lowest BCUT2D eigenvalue weighted by Crippen LogP contribution is -2.36. The van der Waals surface area contributed by atoms with Crippen LogP contribution in [0.5, 0.6) is 11.5 Å². The molecule has 0 heterocycles. The highest BCUT2D eigenvalue weighted by molar-refractivity contribution is 6.01. The molecule has 1 amide bonds. The zero-order valence-corrected chi connectivity index (χ0v) is 15.7. The third-order valence-corrected chi connectivity index (χ3v) is 4.56. The number of rotatable bonds is 8. The Balaban J connectivity index is 2.09. The standard InChI is InChI=1S/C21H28N2O3/c1-3-4-12-26-19-11-10-16(14-20(19)25-2)13-17(15-22)21(24)23-18-8-6-5-7-9-18/h10-11,13-14,18H,3-9,12H2,1-2H3,(H,23,24)/b17-13-. The van der Waals surface area contributed by atoms with Crippen LogP contribution in [0, 0.1) is 11.3 Å². The second kappa shape index (κ2) is 10.5. The number of methoxy groups -OCH3 is 1. The van der Waals surface area contributed by atoms with Gasteiger partial charge in [-0.15, -0.1) is 0 Å². The lowest BCUT2D eigenvalue weighted by molar-refractivity contribution is -0.117. The largest absolute Gasteiger partial charge is 0.493 e. The van der Waals surface area contributed by atoms with Gasteiger partial charge in [-0.1, -0.05) is 38.7 Å². The molecule has 0 atom stereocenters. The van der Waals surface area contributed by atoms with Crippen molar-refractivity contribution in [2.24, 2.45) is 0 Å². The predicted octanol–water partition coefficient (Wildman–Crippen LogP) is 4.23. The molecule has 1 saturated carbocycles. The quantitative estimate of drug-likeness (QED) is 0.430. The highest BCUT2D eigenvalue weighted by Crippen LogP contribution is 2.29. The molecule has 0 saturated heterocycles. The molecule has 0 radical (unpaired) electrons. The molecule has 1 aliphatic carbocycles. The first kappa shape index (κ1) is 19.8. The first-order valence-corrected chi connectivity index (χ1v) is 9.41. The molecule has 26 heavy (non-hydrogen) atoms. The van der Waals surface area contributed by atoms with Gasteiger partial charge < -0.3 is 14.8 Å². The summed E-state index contributed by atoms with van der Waals surface area (Å²) in [7, 11) is 1.58. The van der Waals surface area contributed by atoms with Crippen LogP contribution >= 0.6 is 0 Å². The highest BCUT2D eigenvalue weighted by atomic mass is 16.5. The Bertz CT molecular complexity index is 670. The number of carbonyl (C=O) groups excluding carboxylic acids is 1. The number of unbranched alkanes of at least 4 members (excludes halogenated alkanes) is 1. The molecule has 0 spiro atoms. The van der Waals surface area contributed by atoms with Crippen LogP contribution in [-0.4, -0.2) is 25.7 Å². The minimum atomic E-state index is -0.304. The van der Waals surface area contributed by atoms with E-state index in [-0.39, 0.29) is 17.5 Å². The summed E-state index contributed by atoms with van der Waals surface area (Å²) < 4.78 is 11.1. The van der Waals surface area contributed by atoms with Crippen molar-refractivity contribution in [3.63, 3.8) is 0 Å². The van der Waals surface area contributed by atoms with E-state index in [1.165, 1.54) is 6.42 Å². The first-order chi connectivity index (χ1) is 12.7. The van der Waals surface area contributed by atoms with E-state index >= 15 is 0 Å². The molecule has 1 N–H and O–H groups in total. The molecule has 1 aliphatic rings. The zero-order chi connectivity index (χ0) is 18.8. The molecule has 1 fully saturated rings. The number of hydrogen-bond acceptors (Lipinski definition) is 4. The fourth-order valence-electron chi connectivity index (χ4n) is 3.04. The van der Waals surface area contributed by atoms with Crippen LogP contribution in [0.2, 0.25) is 0 Å². The summed E-state index contributed by atoms with van der Waals surface area (Å²) in [6.07, 6.45) is 9.09. The summed E-state index contributed by atoms with van der Waals surface area (Å²) in [6, 6.07) is 7.62. The maximum Gasteiger partial charge on any atom is 0.262 e. The number of nitriles is 1. The zero-order valence-electron chi connectivity index (χ0n) is 15.7. The van der Waals surface area contributed by atoms with Crippen molar-refractivity contribution in [1.82, 2.24) is 5.32 Å². The van der Waals surface area contributed by atoms with Crippen molar-refractivity contribution in [2.45, 2.75) is 57.9 Å². The summed E-state index contributed by atoms with van der Waals surface area (Å²) in [5.41, 5.74) is 0.845. The van der Waals surface area contributed by atoms with E-state index in [2.05, 4.69) is 12.2 Å². The Morgan fingerprint density at radius 3 is 2.73 bits per heavy atom. The predicted molar refractivity (Wildman–Crippen MR) is 102 cm³/mol. The molecule has 2 rings (SSSR count). The maximum absolute atomic E-state index is 12.4. The summed E-state index contributed by atoms with van der Waals surface area (Å²) in [4.78, 5) is 12.4. The fourth-order valence-corrected chi connectivity index (χ4v) is 3.04. The van der Waals surface area contributed by atoms with Crippen molar-refractivity contribution in [2.75, 3.05) is 13.7 Å². The second-order valence-corrected chi connectivity index (χ2v) is 6.59. The topological polar surface area (TPSA) is 71.3 Å².